The van der Waals surface area contributed by atoms with Crippen LogP contribution in [0.25, 0.3) is 0 Å². The normalized spacial score (nSPS) is 18.7. The largest absolute Gasteiger partial charge is 0.480 e. The molecule has 0 radical (unpaired) electrons. The van der Waals surface area contributed by atoms with E-state index in [0.717, 1.165) is 0 Å². The lowest BCUT2D eigenvalue weighted by Crippen LogP contribution is -2.47. The molecule has 1 atom stereocenters. The van der Waals surface area contributed by atoms with Crippen LogP contribution in [0.15, 0.2) is 0 Å². The van der Waals surface area contributed by atoms with Gasteiger partial charge in [0, 0.05) is 6.61 Å². The van der Waals surface area contributed by atoms with E-state index in [1.54, 1.807) is 6.92 Å². The Morgan fingerprint density at radius 2 is 2.00 bits per heavy atom. The van der Waals surface area contributed by atoms with Gasteiger partial charge in [-0.25, -0.2) is 4.79 Å². The van der Waals surface area contributed by atoms with Crippen LogP contribution in [0.4, 0.5) is 13.2 Å². The summed E-state index contributed by atoms with van der Waals surface area (Å²) >= 11 is 0. The first-order chi connectivity index (χ1) is 8.70. The third-order valence-corrected chi connectivity index (χ3v) is 2.96. The molecule has 1 aliphatic rings. The molecule has 1 aliphatic carbocycles. The molecule has 1 saturated carbocycles. The van der Waals surface area contributed by atoms with Gasteiger partial charge in [0.05, 0.1) is 18.4 Å². The second kappa shape index (κ2) is 5.77. The van der Waals surface area contributed by atoms with E-state index in [-0.39, 0.29) is 6.61 Å². The number of aliphatic carboxylic acids is 1. The predicted octanol–water partition coefficient (Wildman–Crippen LogP) is 1.32. The molecule has 1 unspecified atom stereocenters. The van der Waals surface area contributed by atoms with E-state index in [2.05, 4.69) is 0 Å². The van der Waals surface area contributed by atoms with Gasteiger partial charge in [-0.15, -0.1) is 0 Å². The van der Waals surface area contributed by atoms with Crippen LogP contribution in [0, 0.1) is 5.41 Å². The minimum atomic E-state index is -4.65. The molecule has 0 aromatic carbocycles. The molecule has 19 heavy (non-hydrogen) atoms. The molecule has 5 nitrogen and oxygen atoms in total. The lowest BCUT2D eigenvalue weighted by atomic mass is 10.1. The van der Waals surface area contributed by atoms with Crippen LogP contribution in [-0.4, -0.2) is 42.4 Å². The number of nitrogens with one attached hydrogen (secondary N) is 1. The summed E-state index contributed by atoms with van der Waals surface area (Å²) in [7, 11) is 0. The number of hydrogen-bond acceptors (Lipinski definition) is 3. The molecular formula is C11H16F3NO4. The summed E-state index contributed by atoms with van der Waals surface area (Å²) in [5.74, 6) is -2.38. The fourth-order valence-electron chi connectivity index (χ4n) is 1.63. The Bertz CT molecular complexity index is 352. The molecule has 0 bridgehead atoms. The molecule has 1 amide bonds. The Morgan fingerprint density at radius 1 is 1.42 bits per heavy atom. The maximum atomic E-state index is 12.2. The molecule has 110 valence electrons. The third kappa shape index (κ3) is 4.70. The summed E-state index contributed by atoms with van der Waals surface area (Å²) in [6, 6.07) is -1.95. The fourth-order valence-corrected chi connectivity index (χ4v) is 1.63. The molecule has 2 N–H and O–H groups in total. The standard InChI is InChI=1S/C11H16F3NO4/c1-2-19-6-10(3-4-10)9(18)15-7(8(16)17)5-11(12,13)14/h7H,2-6H2,1H3,(H,15,18)(H,16,17). The molecule has 8 heteroatoms. The van der Waals surface area contributed by atoms with Gasteiger partial charge in [0.25, 0.3) is 0 Å². The predicted molar refractivity (Wildman–Crippen MR) is 58.4 cm³/mol. The zero-order valence-electron chi connectivity index (χ0n) is 10.4. The van der Waals surface area contributed by atoms with Crippen LogP contribution in [0.3, 0.4) is 0 Å². The number of carboxylic acids is 1. The summed E-state index contributed by atoms with van der Waals surface area (Å²) < 4.78 is 41.7. The molecule has 0 heterocycles. The molecule has 0 aromatic rings. The topological polar surface area (TPSA) is 75.6 Å². The number of rotatable bonds is 7. The highest BCUT2D eigenvalue weighted by atomic mass is 19.4. The van der Waals surface area contributed by atoms with E-state index < -0.39 is 35.9 Å². The fraction of sp³-hybridized carbons (Fsp3) is 0.818. The highest BCUT2D eigenvalue weighted by Gasteiger charge is 2.51. The smallest absolute Gasteiger partial charge is 0.391 e. The van der Waals surface area contributed by atoms with E-state index >= 15 is 0 Å². The lowest BCUT2D eigenvalue weighted by molar-refractivity contribution is -0.160. The van der Waals surface area contributed by atoms with Gasteiger partial charge in [-0.05, 0) is 19.8 Å². The number of carbonyl (C=O) groups excluding carboxylic acids is 1. The van der Waals surface area contributed by atoms with Gasteiger partial charge < -0.3 is 15.2 Å². The van der Waals surface area contributed by atoms with E-state index in [9.17, 15) is 22.8 Å². The van der Waals surface area contributed by atoms with Crippen LogP contribution in [0.2, 0.25) is 0 Å². The van der Waals surface area contributed by atoms with Crippen molar-refractivity contribution in [3.8, 4) is 0 Å². The van der Waals surface area contributed by atoms with Crippen LogP contribution in [-0.2, 0) is 14.3 Å². The quantitative estimate of drug-likeness (QED) is 0.739. The number of ether oxygens (including phenoxy) is 1. The maximum absolute atomic E-state index is 12.2. The monoisotopic (exact) mass is 283 g/mol. The van der Waals surface area contributed by atoms with Crippen molar-refractivity contribution in [2.75, 3.05) is 13.2 Å². The van der Waals surface area contributed by atoms with Crippen molar-refractivity contribution in [2.45, 2.75) is 38.4 Å². The third-order valence-electron chi connectivity index (χ3n) is 2.96. The number of carboxylic acid groups (broad SMARTS) is 1. The molecule has 1 rings (SSSR count). The minimum Gasteiger partial charge on any atom is -0.480 e. The summed E-state index contributed by atoms with van der Waals surface area (Å²) in [5.41, 5.74) is -0.852. The highest BCUT2D eigenvalue weighted by molar-refractivity contribution is 5.89. The molecule has 0 saturated heterocycles. The molecule has 0 aliphatic heterocycles. The van der Waals surface area contributed by atoms with Crippen LogP contribution in [0.5, 0.6) is 0 Å². The first kappa shape index (κ1) is 15.7. The summed E-state index contributed by atoms with van der Waals surface area (Å²) in [5, 5.41) is 10.6. The maximum Gasteiger partial charge on any atom is 0.391 e. The van der Waals surface area contributed by atoms with Gasteiger partial charge in [-0.3, -0.25) is 4.79 Å². The van der Waals surface area contributed by atoms with Crippen molar-refractivity contribution in [3.63, 3.8) is 0 Å². The zero-order valence-corrected chi connectivity index (χ0v) is 10.4. The SMILES string of the molecule is CCOCC1(C(=O)NC(CC(F)(F)F)C(=O)O)CC1. The summed E-state index contributed by atoms with van der Waals surface area (Å²) in [4.78, 5) is 22.5. The summed E-state index contributed by atoms with van der Waals surface area (Å²) in [6.45, 7) is 2.23. The van der Waals surface area contributed by atoms with Crippen molar-refractivity contribution in [1.29, 1.82) is 0 Å². The number of carbonyl (C=O) groups is 2. The first-order valence-electron chi connectivity index (χ1n) is 5.88. The van der Waals surface area contributed by atoms with Crippen LogP contribution >= 0.6 is 0 Å². The van der Waals surface area contributed by atoms with E-state index in [1.165, 1.54) is 0 Å². The average Bonchev–Trinajstić information content (AvgIpc) is 3.04. The van der Waals surface area contributed by atoms with Crippen molar-refractivity contribution in [2.24, 2.45) is 5.41 Å². The molecular weight excluding hydrogens is 267 g/mol. The number of alkyl halides is 3. The van der Waals surface area contributed by atoms with Crippen molar-refractivity contribution in [3.05, 3.63) is 0 Å². The Morgan fingerprint density at radius 3 is 2.37 bits per heavy atom. The zero-order chi connectivity index (χ0) is 14.7. The second-order valence-electron chi connectivity index (χ2n) is 4.60. The number of halogens is 3. The molecule has 1 fully saturated rings. The first-order valence-corrected chi connectivity index (χ1v) is 5.88. The second-order valence-corrected chi connectivity index (χ2v) is 4.60. The van der Waals surface area contributed by atoms with Gasteiger partial charge in [0.2, 0.25) is 5.91 Å². The van der Waals surface area contributed by atoms with Gasteiger partial charge >= 0.3 is 12.1 Å². The number of hydrogen-bond donors (Lipinski definition) is 2. The van der Waals surface area contributed by atoms with Gasteiger partial charge in [0.15, 0.2) is 0 Å². The Labute approximate surface area is 108 Å². The van der Waals surface area contributed by atoms with Crippen molar-refractivity contribution < 1.29 is 32.6 Å². The minimum absolute atomic E-state index is 0.105. The van der Waals surface area contributed by atoms with E-state index in [0.29, 0.717) is 19.4 Å². The molecule has 0 spiro atoms. The summed E-state index contributed by atoms with van der Waals surface area (Å²) in [6.07, 6.45) is -5.24. The van der Waals surface area contributed by atoms with Crippen molar-refractivity contribution in [1.82, 2.24) is 5.32 Å². The van der Waals surface area contributed by atoms with Crippen molar-refractivity contribution >= 4 is 11.9 Å². The van der Waals surface area contributed by atoms with Crippen LogP contribution in [0.1, 0.15) is 26.2 Å². The van der Waals surface area contributed by atoms with Gasteiger partial charge in [0.1, 0.15) is 6.04 Å². The Kier molecular flexibility index (Phi) is 4.78. The van der Waals surface area contributed by atoms with Crippen LogP contribution < -0.4 is 5.32 Å². The van der Waals surface area contributed by atoms with E-state index in [4.69, 9.17) is 9.84 Å². The number of amides is 1. The van der Waals surface area contributed by atoms with E-state index in [1.807, 2.05) is 5.32 Å². The highest BCUT2D eigenvalue weighted by Crippen LogP contribution is 2.46. The Hall–Kier alpha value is -1.31. The molecule has 0 aromatic heterocycles. The Balaban J connectivity index is 2.59. The van der Waals surface area contributed by atoms with Gasteiger partial charge in [-0.1, -0.05) is 0 Å². The lowest BCUT2D eigenvalue weighted by Gasteiger charge is -2.20. The van der Waals surface area contributed by atoms with Gasteiger partial charge in [-0.2, -0.15) is 13.2 Å². The average molecular weight is 283 g/mol.